The summed E-state index contributed by atoms with van der Waals surface area (Å²) in [4.78, 5) is 35.5. The molecule has 1 saturated carbocycles. The molecule has 2 heterocycles. The van der Waals surface area contributed by atoms with Crippen LogP contribution in [0, 0.1) is 17.8 Å². The van der Waals surface area contributed by atoms with E-state index in [2.05, 4.69) is 24.6 Å². The van der Waals surface area contributed by atoms with Gasteiger partial charge in [-0.25, -0.2) is 9.59 Å². The van der Waals surface area contributed by atoms with E-state index in [0.29, 0.717) is 49.5 Å². The van der Waals surface area contributed by atoms with E-state index in [1.807, 2.05) is 36.4 Å². The molecule has 2 aliphatic heterocycles. The maximum atomic E-state index is 14.4. The third-order valence-corrected chi connectivity index (χ3v) is 12.4. The van der Waals surface area contributed by atoms with Gasteiger partial charge in [-0.1, -0.05) is 66.6 Å². The highest BCUT2D eigenvalue weighted by atomic mass is 16.8. The van der Waals surface area contributed by atoms with Crippen molar-refractivity contribution in [2.24, 2.45) is 22.9 Å². The zero-order valence-corrected chi connectivity index (χ0v) is 37.0. The maximum absolute atomic E-state index is 14.4. The molecular formula is C49H67N3O12. The predicted octanol–water partition coefficient (Wildman–Crippen LogP) is 7.16. The molecular weight excluding hydrogens is 823 g/mol. The van der Waals surface area contributed by atoms with Crippen LogP contribution in [0.2, 0.25) is 0 Å². The van der Waals surface area contributed by atoms with E-state index in [9.17, 15) is 24.9 Å². The fourth-order valence-corrected chi connectivity index (χ4v) is 9.56. The van der Waals surface area contributed by atoms with Crippen LogP contribution < -0.4 is 14.8 Å². The lowest BCUT2D eigenvalue weighted by molar-refractivity contribution is -0.256. The highest BCUT2D eigenvalue weighted by Crippen LogP contribution is 2.62. The molecule has 4 aliphatic rings. The lowest BCUT2D eigenvalue weighted by Crippen LogP contribution is -2.70. The van der Waals surface area contributed by atoms with E-state index >= 15 is 0 Å². The quantitative estimate of drug-likeness (QED) is 0.0449. The summed E-state index contributed by atoms with van der Waals surface area (Å²) in [5.74, 6) is -1.76. The van der Waals surface area contributed by atoms with Gasteiger partial charge in [-0.3, -0.25) is 4.90 Å². The van der Waals surface area contributed by atoms with Crippen LogP contribution in [0.15, 0.2) is 90.6 Å². The lowest BCUT2D eigenvalue weighted by atomic mass is 9.55. The first-order valence-electron chi connectivity index (χ1n) is 23.0. The minimum atomic E-state index is -1.55. The van der Waals surface area contributed by atoms with Gasteiger partial charge in [-0.15, -0.1) is 13.2 Å². The van der Waals surface area contributed by atoms with Crippen molar-refractivity contribution in [3.8, 4) is 11.5 Å². The van der Waals surface area contributed by atoms with Gasteiger partial charge < -0.3 is 53.9 Å². The molecule has 2 aromatic rings. The van der Waals surface area contributed by atoms with Crippen molar-refractivity contribution in [3.63, 3.8) is 0 Å². The Morgan fingerprint density at radius 1 is 0.953 bits per heavy atom. The van der Waals surface area contributed by atoms with Gasteiger partial charge in [0.1, 0.15) is 17.5 Å². The summed E-state index contributed by atoms with van der Waals surface area (Å²) in [5, 5.41) is 37.2. The number of oxime groups is 1. The molecule has 0 bridgehead atoms. The molecule has 6 rings (SSSR count). The second-order valence-corrected chi connectivity index (χ2v) is 16.6. The third kappa shape index (κ3) is 12.3. The second-order valence-electron chi connectivity index (χ2n) is 16.6. The van der Waals surface area contributed by atoms with Crippen molar-refractivity contribution < 1.29 is 58.2 Å². The first-order valence-corrected chi connectivity index (χ1v) is 23.0. The van der Waals surface area contributed by atoms with Crippen LogP contribution in [0.5, 0.6) is 11.5 Å². The number of hydrogen-bond donors (Lipinski definition) is 4. The Kier molecular flexibility index (Phi) is 19.1. The van der Waals surface area contributed by atoms with E-state index in [-0.39, 0.29) is 83.5 Å². The van der Waals surface area contributed by atoms with Crippen LogP contribution in [-0.2, 0) is 30.3 Å². The molecule has 350 valence electrons. The fourth-order valence-electron chi connectivity index (χ4n) is 9.56. The lowest BCUT2D eigenvalue weighted by Gasteiger charge is -2.59. The van der Waals surface area contributed by atoms with Crippen molar-refractivity contribution in [3.05, 3.63) is 96.6 Å². The molecule has 1 saturated heterocycles. The van der Waals surface area contributed by atoms with Crippen molar-refractivity contribution in [2.75, 3.05) is 59.4 Å². The second kappa shape index (κ2) is 25.1. The molecule has 15 nitrogen and oxygen atoms in total. The number of nitrogens with zero attached hydrogens (tertiary/aromatic N) is 2. The van der Waals surface area contributed by atoms with Gasteiger partial charge in [0.2, 0.25) is 12.1 Å². The molecule has 2 amide bonds. The molecule has 0 radical (unpaired) electrons. The molecule has 15 heteroatoms. The Bertz CT molecular complexity index is 1870. The predicted molar refractivity (Wildman–Crippen MR) is 240 cm³/mol. The Labute approximate surface area is 377 Å². The SMILES string of the molecule is C=CCCOC(=O)N(CCOCCO)C1CC(=NOC2CCCCO2)C2=CC(CCCCO)C(CCCCO)C3c4cc(OC(=O)NCc5ccccc5)ccc4OC1(OCC=C)C23. The Morgan fingerprint density at radius 3 is 2.50 bits per heavy atom. The standard InChI is InChI=1S/C49H67N3O12/c1-3-5-27-60-48(57)52(22-29-58-30-25-55)43-33-41(51-64-44-19-11-14-28-59-44)39-31-36(17-9-12-23-53)38(18-10-13-24-54)45-40-32-37(62-47(56)50-34-35-15-7-6-8-16-35)20-21-42(40)63-49(43,46(39)45)61-26-4-2/h3-4,6-8,15-16,20-21,31-32,36,38,43-46,53-55H,1-2,5,9-14,17-19,22-30,33-34H2,(H,50,56). The first-order chi connectivity index (χ1) is 31.4. The van der Waals surface area contributed by atoms with Crippen molar-refractivity contribution in [1.82, 2.24) is 10.2 Å². The van der Waals surface area contributed by atoms with Crippen LogP contribution in [0.1, 0.15) is 87.7 Å². The number of unbranched alkanes of at least 4 members (excludes halogenated alkanes) is 2. The summed E-state index contributed by atoms with van der Waals surface area (Å²) in [6, 6.07) is 14.0. The third-order valence-electron chi connectivity index (χ3n) is 12.4. The molecule has 7 unspecified atom stereocenters. The van der Waals surface area contributed by atoms with Gasteiger partial charge in [0.05, 0.1) is 51.3 Å². The number of amides is 2. The largest absolute Gasteiger partial charge is 0.459 e. The normalized spacial score (nSPS) is 25.2. The highest BCUT2D eigenvalue weighted by molar-refractivity contribution is 6.03. The number of ether oxygens (including phenoxy) is 6. The number of carbonyl (C=O) groups excluding carboxylic acids is 2. The van der Waals surface area contributed by atoms with E-state index in [0.717, 1.165) is 55.2 Å². The zero-order chi connectivity index (χ0) is 45.2. The summed E-state index contributed by atoms with van der Waals surface area (Å²) in [5.41, 5.74) is 3.18. The monoisotopic (exact) mass is 889 g/mol. The number of aliphatic hydroxyl groups is 3. The summed E-state index contributed by atoms with van der Waals surface area (Å²) in [7, 11) is 0. The molecule has 7 atom stereocenters. The number of benzene rings is 2. The van der Waals surface area contributed by atoms with Gasteiger partial charge in [0, 0.05) is 50.6 Å². The molecule has 2 aliphatic carbocycles. The summed E-state index contributed by atoms with van der Waals surface area (Å²) in [6.07, 6.45) is 11.2. The minimum absolute atomic E-state index is 0.0113. The number of carbonyl (C=O) groups is 2. The Hall–Kier alpha value is -4.77. The smallest absolute Gasteiger partial charge is 0.412 e. The van der Waals surface area contributed by atoms with E-state index in [1.165, 1.54) is 0 Å². The summed E-state index contributed by atoms with van der Waals surface area (Å²) in [6.45, 7) is 8.95. The molecule has 64 heavy (non-hydrogen) atoms. The van der Waals surface area contributed by atoms with Gasteiger partial charge in [-0.05, 0) is 86.1 Å². The fraction of sp³-hybridized carbons (Fsp3) is 0.571. The molecule has 0 aromatic heterocycles. The van der Waals surface area contributed by atoms with Crippen LogP contribution in [-0.4, -0.2) is 116 Å². The van der Waals surface area contributed by atoms with Crippen LogP contribution in [0.4, 0.5) is 9.59 Å². The van der Waals surface area contributed by atoms with E-state index in [4.69, 9.17) is 38.4 Å². The zero-order valence-electron chi connectivity index (χ0n) is 37.0. The maximum Gasteiger partial charge on any atom is 0.412 e. The van der Waals surface area contributed by atoms with E-state index < -0.39 is 36.2 Å². The number of nitrogens with one attached hydrogen (secondary N) is 1. The summed E-state index contributed by atoms with van der Waals surface area (Å²) < 4.78 is 37.8. The van der Waals surface area contributed by atoms with Crippen LogP contribution in [0.3, 0.4) is 0 Å². The van der Waals surface area contributed by atoms with Gasteiger partial charge in [-0.2, -0.15) is 0 Å². The number of fused-ring (bicyclic) bond motifs is 2. The molecule has 2 fully saturated rings. The number of allylic oxidation sites excluding steroid dienone is 1. The highest BCUT2D eigenvalue weighted by Gasteiger charge is 2.65. The minimum Gasteiger partial charge on any atom is -0.459 e. The molecule has 2 aromatic carbocycles. The number of hydrogen-bond acceptors (Lipinski definition) is 13. The number of aliphatic hydroxyl groups excluding tert-OH is 3. The number of rotatable bonds is 25. The van der Waals surface area contributed by atoms with Crippen molar-refractivity contribution in [1.29, 1.82) is 0 Å². The van der Waals surface area contributed by atoms with Gasteiger partial charge >= 0.3 is 12.2 Å². The average molecular weight is 890 g/mol. The van der Waals surface area contributed by atoms with E-state index in [1.54, 1.807) is 29.2 Å². The van der Waals surface area contributed by atoms with Crippen LogP contribution in [0.25, 0.3) is 0 Å². The summed E-state index contributed by atoms with van der Waals surface area (Å²) >= 11 is 0. The first kappa shape index (κ1) is 48.7. The van der Waals surface area contributed by atoms with Gasteiger partial charge in [0.15, 0.2) is 0 Å². The molecule has 0 spiro atoms. The van der Waals surface area contributed by atoms with Crippen molar-refractivity contribution in [2.45, 2.75) is 101 Å². The Morgan fingerprint density at radius 2 is 1.77 bits per heavy atom. The Balaban J connectivity index is 1.52. The van der Waals surface area contributed by atoms with Crippen LogP contribution >= 0.6 is 0 Å². The molecule has 4 N–H and O–H groups in total. The topological polar surface area (TPSA) is 187 Å². The van der Waals surface area contributed by atoms with Crippen molar-refractivity contribution >= 4 is 17.9 Å². The van der Waals surface area contributed by atoms with Gasteiger partial charge in [0.25, 0.3) is 0 Å². The average Bonchev–Trinajstić information content (AvgIpc) is 3.31.